The average molecular weight is 289 g/mol. The van der Waals surface area contributed by atoms with Crippen molar-refractivity contribution in [1.82, 2.24) is 19.6 Å². The summed E-state index contributed by atoms with van der Waals surface area (Å²) in [7, 11) is 0. The molecule has 0 spiro atoms. The minimum atomic E-state index is -0.230. The van der Waals surface area contributed by atoms with Crippen LogP contribution in [0, 0.1) is 0 Å². The summed E-state index contributed by atoms with van der Waals surface area (Å²) in [5.41, 5.74) is 2.63. The van der Waals surface area contributed by atoms with Crippen LogP contribution < -0.4 is 5.56 Å². The maximum absolute atomic E-state index is 12.5. The highest BCUT2D eigenvalue weighted by Gasteiger charge is 2.09. The molecule has 0 saturated heterocycles. The van der Waals surface area contributed by atoms with Crippen molar-refractivity contribution in [3.63, 3.8) is 0 Å². The van der Waals surface area contributed by atoms with Crippen LogP contribution in [-0.2, 0) is 0 Å². The Morgan fingerprint density at radius 2 is 1.95 bits per heavy atom. The second-order valence-electron chi connectivity index (χ2n) is 4.81. The van der Waals surface area contributed by atoms with E-state index in [1.54, 1.807) is 18.6 Å². The summed E-state index contributed by atoms with van der Waals surface area (Å²) in [6.07, 6.45) is 6.37. The van der Waals surface area contributed by atoms with Gasteiger partial charge in [-0.05, 0) is 23.8 Å². The fourth-order valence-electron chi connectivity index (χ4n) is 2.36. The maximum Gasteiger partial charge on any atom is 0.298 e. The van der Waals surface area contributed by atoms with Gasteiger partial charge in [-0.1, -0.05) is 18.2 Å². The number of para-hydroxylation sites is 1. The molecule has 22 heavy (non-hydrogen) atoms. The zero-order chi connectivity index (χ0) is 14.9. The monoisotopic (exact) mass is 289 g/mol. The molecule has 3 aromatic heterocycles. The standard InChI is InChI=1S/C16H11N5O/c22-16-15-14(12-3-1-2-4-13(12)20-15)18-10-21(16)19-9-11-5-7-17-8-6-11/h1-10,20H. The topological polar surface area (TPSA) is 75.9 Å². The first kappa shape index (κ1) is 12.5. The van der Waals surface area contributed by atoms with Gasteiger partial charge in [0.25, 0.3) is 5.56 Å². The molecule has 6 heteroatoms. The summed E-state index contributed by atoms with van der Waals surface area (Å²) in [5, 5.41) is 5.10. The Hall–Kier alpha value is -3.28. The zero-order valence-electron chi connectivity index (χ0n) is 11.5. The van der Waals surface area contributed by atoms with Gasteiger partial charge in [0, 0.05) is 23.3 Å². The minimum absolute atomic E-state index is 0.230. The van der Waals surface area contributed by atoms with Gasteiger partial charge in [-0.2, -0.15) is 9.78 Å². The van der Waals surface area contributed by atoms with Gasteiger partial charge in [-0.3, -0.25) is 9.78 Å². The highest BCUT2D eigenvalue weighted by Crippen LogP contribution is 2.20. The molecule has 0 radical (unpaired) electrons. The van der Waals surface area contributed by atoms with E-state index in [1.807, 2.05) is 36.4 Å². The molecule has 6 nitrogen and oxygen atoms in total. The molecule has 3 heterocycles. The Kier molecular flexibility index (Phi) is 2.79. The third-order valence-corrected chi connectivity index (χ3v) is 3.43. The summed E-state index contributed by atoms with van der Waals surface area (Å²) in [6.45, 7) is 0. The zero-order valence-corrected chi connectivity index (χ0v) is 11.5. The van der Waals surface area contributed by atoms with Crippen molar-refractivity contribution in [2.75, 3.05) is 0 Å². The number of pyridine rings is 1. The largest absolute Gasteiger partial charge is 0.349 e. The van der Waals surface area contributed by atoms with E-state index in [1.165, 1.54) is 11.0 Å². The molecule has 0 amide bonds. The Labute approximate surface area is 124 Å². The summed E-state index contributed by atoms with van der Waals surface area (Å²) in [5.74, 6) is 0. The second kappa shape index (κ2) is 4.92. The lowest BCUT2D eigenvalue weighted by molar-refractivity contribution is 0.815. The number of rotatable bonds is 2. The fourth-order valence-corrected chi connectivity index (χ4v) is 2.36. The molecule has 0 atom stereocenters. The first-order valence-electron chi connectivity index (χ1n) is 6.75. The summed E-state index contributed by atoms with van der Waals surface area (Å²) in [6, 6.07) is 11.3. The average Bonchev–Trinajstić information content (AvgIpc) is 2.95. The molecule has 1 N–H and O–H groups in total. The van der Waals surface area contributed by atoms with E-state index in [0.717, 1.165) is 16.5 Å². The van der Waals surface area contributed by atoms with Crippen molar-refractivity contribution in [3.8, 4) is 0 Å². The van der Waals surface area contributed by atoms with Crippen LogP contribution in [0.1, 0.15) is 5.56 Å². The van der Waals surface area contributed by atoms with Crippen molar-refractivity contribution in [2.45, 2.75) is 0 Å². The quantitative estimate of drug-likeness (QED) is 0.574. The molecular weight excluding hydrogens is 278 g/mol. The van der Waals surface area contributed by atoms with Crippen LogP contribution in [0.4, 0.5) is 0 Å². The van der Waals surface area contributed by atoms with Crippen LogP contribution in [0.25, 0.3) is 21.9 Å². The molecule has 4 aromatic rings. The Morgan fingerprint density at radius 1 is 1.14 bits per heavy atom. The highest BCUT2D eigenvalue weighted by atomic mass is 16.1. The maximum atomic E-state index is 12.5. The summed E-state index contributed by atoms with van der Waals surface area (Å²) in [4.78, 5) is 23.9. The van der Waals surface area contributed by atoms with Crippen molar-refractivity contribution >= 4 is 28.2 Å². The number of H-pyrrole nitrogens is 1. The van der Waals surface area contributed by atoms with Gasteiger partial charge in [0.05, 0.1) is 6.21 Å². The van der Waals surface area contributed by atoms with E-state index in [-0.39, 0.29) is 5.56 Å². The predicted octanol–water partition coefficient (Wildman–Crippen LogP) is 2.16. The van der Waals surface area contributed by atoms with Crippen LogP contribution in [0.3, 0.4) is 0 Å². The number of fused-ring (bicyclic) bond motifs is 3. The van der Waals surface area contributed by atoms with Gasteiger partial charge in [0.2, 0.25) is 0 Å². The fraction of sp³-hybridized carbons (Fsp3) is 0. The van der Waals surface area contributed by atoms with E-state index in [9.17, 15) is 4.79 Å². The van der Waals surface area contributed by atoms with E-state index < -0.39 is 0 Å². The lowest BCUT2D eigenvalue weighted by Gasteiger charge is -1.97. The number of nitrogens with zero attached hydrogens (tertiary/aromatic N) is 4. The molecular formula is C16H11N5O. The molecule has 0 aliphatic carbocycles. The molecule has 0 unspecified atom stereocenters. The van der Waals surface area contributed by atoms with Gasteiger partial charge in [0.15, 0.2) is 0 Å². The predicted molar refractivity (Wildman–Crippen MR) is 85.1 cm³/mol. The lowest BCUT2D eigenvalue weighted by Crippen LogP contribution is -2.17. The molecule has 4 rings (SSSR count). The van der Waals surface area contributed by atoms with Gasteiger partial charge < -0.3 is 4.98 Å². The Bertz CT molecular complexity index is 1050. The molecule has 0 bridgehead atoms. The van der Waals surface area contributed by atoms with E-state index >= 15 is 0 Å². The van der Waals surface area contributed by atoms with Gasteiger partial charge in [-0.15, -0.1) is 0 Å². The number of hydrogen-bond donors (Lipinski definition) is 1. The van der Waals surface area contributed by atoms with Crippen molar-refractivity contribution in [3.05, 3.63) is 71.0 Å². The number of aromatic amines is 1. The third-order valence-electron chi connectivity index (χ3n) is 3.43. The van der Waals surface area contributed by atoms with Crippen molar-refractivity contribution in [2.24, 2.45) is 5.10 Å². The molecule has 0 aliphatic rings. The van der Waals surface area contributed by atoms with Crippen LogP contribution in [0.15, 0.2) is 65.0 Å². The summed E-state index contributed by atoms with van der Waals surface area (Å²) >= 11 is 0. The van der Waals surface area contributed by atoms with Gasteiger partial charge in [-0.25, -0.2) is 4.98 Å². The molecule has 1 aromatic carbocycles. The number of benzene rings is 1. The summed E-state index contributed by atoms with van der Waals surface area (Å²) < 4.78 is 1.22. The molecule has 106 valence electrons. The Morgan fingerprint density at radius 3 is 2.82 bits per heavy atom. The van der Waals surface area contributed by atoms with Crippen LogP contribution >= 0.6 is 0 Å². The number of hydrogen-bond acceptors (Lipinski definition) is 4. The molecule has 0 fully saturated rings. The SMILES string of the molecule is O=c1c2[nH]c3ccccc3c2ncn1N=Cc1ccncc1. The molecule has 0 saturated carbocycles. The van der Waals surface area contributed by atoms with Crippen molar-refractivity contribution < 1.29 is 0 Å². The van der Waals surface area contributed by atoms with E-state index in [0.29, 0.717) is 11.0 Å². The lowest BCUT2D eigenvalue weighted by atomic mass is 10.2. The van der Waals surface area contributed by atoms with Crippen molar-refractivity contribution in [1.29, 1.82) is 0 Å². The highest BCUT2D eigenvalue weighted by molar-refractivity contribution is 6.04. The van der Waals surface area contributed by atoms with Crippen LogP contribution in [0.5, 0.6) is 0 Å². The smallest absolute Gasteiger partial charge is 0.298 e. The van der Waals surface area contributed by atoms with Crippen LogP contribution in [-0.4, -0.2) is 25.8 Å². The first-order chi connectivity index (χ1) is 10.8. The third kappa shape index (κ3) is 1.98. The van der Waals surface area contributed by atoms with Gasteiger partial charge >= 0.3 is 0 Å². The second-order valence-corrected chi connectivity index (χ2v) is 4.81. The number of aromatic nitrogens is 4. The normalized spacial score (nSPS) is 11.6. The first-order valence-corrected chi connectivity index (χ1v) is 6.75. The number of nitrogens with one attached hydrogen (secondary N) is 1. The van der Waals surface area contributed by atoms with Crippen LogP contribution in [0.2, 0.25) is 0 Å². The minimum Gasteiger partial charge on any atom is -0.349 e. The molecule has 0 aliphatic heterocycles. The van der Waals surface area contributed by atoms with Gasteiger partial charge in [0.1, 0.15) is 17.4 Å². The Balaban J connectivity index is 1.86. The van der Waals surface area contributed by atoms with E-state index in [4.69, 9.17) is 0 Å². The van der Waals surface area contributed by atoms with E-state index in [2.05, 4.69) is 20.1 Å².